The lowest BCUT2D eigenvalue weighted by Crippen LogP contribution is -2.02. The van der Waals surface area contributed by atoms with Gasteiger partial charge in [0.05, 0.1) is 28.6 Å². The van der Waals surface area contributed by atoms with Gasteiger partial charge in [-0.1, -0.05) is 36.4 Å². The summed E-state index contributed by atoms with van der Waals surface area (Å²) >= 11 is 1.42. The number of hydrogen-bond acceptors (Lipinski definition) is 4. The highest BCUT2D eigenvalue weighted by atomic mass is 32.1. The Hall–Kier alpha value is -3.18. The van der Waals surface area contributed by atoms with Gasteiger partial charge in [-0.2, -0.15) is 0 Å². The maximum absolute atomic E-state index is 13.1. The molecule has 4 aromatic rings. The Morgan fingerprint density at radius 2 is 1.88 bits per heavy atom. The minimum atomic E-state index is -0.0648. The molecule has 0 saturated carbocycles. The molecule has 4 rings (SSSR count). The van der Waals surface area contributed by atoms with Crippen molar-refractivity contribution in [2.24, 2.45) is 0 Å². The number of rotatable bonds is 5. The van der Waals surface area contributed by atoms with Crippen molar-refractivity contribution in [2.75, 3.05) is 7.11 Å². The largest absolute Gasteiger partial charge is 0.496 e. The predicted molar refractivity (Wildman–Crippen MR) is 106 cm³/mol. The fraction of sp³-hybridized carbons (Fsp3) is 0.0476. The van der Waals surface area contributed by atoms with E-state index in [-0.39, 0.29) is 5.78 Å². The molecule has 0 fully saturated rings. The van der Waals surface area contributed by atoms with E-state index in [1.807, 2.05) is 72.1 Å². The molecule has 1 N–H and O–H groups in total. The number of aromatic amines is 1. The van der Waals surface area contributed by atoms with Crippen LogP contribution < -0.4 is 4.74 Å². The van der Waals surface area contributed by atoms with Crippen molar-refractivity contribution in [3.05, 3.63) is 82.3 Å². The van der Waals surface area contributed by atoms with Crippen LogP contribution in [0.15, 0.2) is 66.0 Å². The average molecular weight is 360 g/mol. The lowest BCUT2D eigenvalue weighted by molar-refractivity contribution is 0.106. The molecule has 26 heavy (non-hydrogen) atoms. The monoisotopic (exact) mass is 360 g/mol. The second-order valence-electron chi connectivity index (χ2n) is 5.71. The number of carbonyl (C=O) groups is 1. The number of fused-ring (bicyclic) bond motifs is 1. The number of H-pyrrole nitrogens is 1. The molecule has 5 heteroatoms. The molecule has 0 amide bonds. The fourth-order valence-corrected chi connectivity index (χ4v) is 3.48. The first-order valence-corrected chi connectivity index (χ1v) is 9.02. The third kappa shape index (κ3) is 3.05. The van der Waals surface area contributed by atoms with Gasteiger partial charge in [-0.05, 0) is 35.7 Å². The van der Waals surface area contributed by atoms with Gasteiger partial charge >= 0.3 is 0 Å². The molecule has 2 aromatic carbocycles. The summed E-state index contributed by atoms with van der Waals surface area (Å²) in [5, 5.41) is 1.90. The highest BCUT2D eigenvalue weighted by Gasteiger charge is 2.19. The smallest absolute Gasteiger partial charge is 0.206 e. The SMILES string of the molecule is COc1ccccc1/C=C(/C(=O)c1cccs1)c1nc2ccccc2[nH]1. The maximum Gasteiger partial charge on any atom is 0.206 e. The molecular formula is C21H16N2O2S. The quantitative estimate of drug-likeness (QED) is 0.400. The van der Waals surface area contributed by atoms with Gasteiger partial charge in [-0.25, -0.2) is 4.98 Å². The molecule has 0 aliphatic heterocycles. The number of Topliss-reactive ketones (excluding diaryl/α,β-unsaturated/α-hetero) is 1. The van der Waals surface area contributed by atoms with Crippen molar-refractivity contribution in [1.82, 2.24) is 9.97 Å². The van der Waals surface area contributed by atoms with E-state index in [4.69, 9.17) is 4.74 Å². The van der Waals surface area contributed by atoms with Crippen LogP contribution in [-0.2, 0) is 0 Å². The first-order chi connectivity index (χ1) is 12.8. The van der Waals surface area contributed by atoms with Gasteiger partial charge in [0.1, 0.15) is 11.6 Å². The maximum atomic E-state index is 13.1. The van der Waals surface area contributed by atoms with Gasteiger partial charge in [-0.3, -0.25) is 4.79 Å². The third-order valence-corrected chi connectivity index (χ3v) is 4.94. The molecule has 4 nitrogen and oxygen atoms in total. The zero-order valence-corrected chi connectivity index (χ0v) is 14.9. The minimum absolute atomic E-state index is 0.0648. The summed E-state index contributed by atoms with van der Waals surface area (Å²) in [6.45, 7) is 0. The summed E-state index contributed by atoms with van der Waals surface area (Å²) < 4.78 is 5.43. The molecule has 0 spiro atoms. The van der Waals surface area contributed by atoms with Crippen molar-refractivity contribution in [3.63, 3.8) is 0 Å². The minimum Gasteiger partial charge on any atom is -0.496 e. The Bertz CT molecular complexity index is 1060. The number of hydrogen-bond donors (Lipinski definition) is 1. The van der Waals surface area contributed by atoms with E-state index in [2.05, 4.69) is 9.97 Å². The number of para-hydroxylation sites is 3. The summed E-state index contributed by atoms with van der Waals surface area (Å²) in [5.41, 5.74) is 3.06. The number of nitrogens with zero attached hydrogens (tertiary/aromatic N) is 1. The van der Waals surface area contributed by atoms with Gasteiger partial charge in [0.25, 0.3) is 0 Å². The fourth-order valence-electron chi connectivity index (χ4n) is 2.80. The summed E-state index contributed by atoms with van der Waals surface area (Å²) in [4.78, 5) is 21.7. The van der Waals surface area contributed by atoms with Gasteiger partial charge in [-0.15, -0.1) is 11.3 Å². The summed E-state index contributed by atoms with van der Waals surface area (Å²) in [7, 11) is 1.62. The molecule has 0 aliphatic carbocycles. The first-order valence-electron chi connectivity index (χ1n) is 8.14. The molecule has 2 heterocycles. The van der Waals surface area contributed by atoms with Crippen LogP contribution in [0.25, 0.3) is 22.7 Å². The van der Waals surface area contributed by atoms with Crippen molar-refractivity contribution >= 4 is 39.8 Å². The first kappa shape index (κ1) is 16.3. The van der Waals surface area contributed by atoms with Gasteiger partial charge < -0.3 is 9.72 Å². The second kappa shape index (κ2) is 6.98. The summed E-state index contributed by atoms with van der Waals surface area (Å²) in [5.74, 6) is 1.19. The number of carbonyl (C=O) groups excluding carboxylic acids is 1. The van der Waals surface area contributed by atoms with Gasteiger partial charge in [0, 0.05) is 5.56 Å². The molecule has 0 saturated heterocycles. The molecule has 0 radical (unpaired) electrons. The van der Waals surface area contributed by atoms with Gasteiger partial charge in [0.15, 0.2) is 0 Å². The number of imidazole rings is 1. The average Bonchev–Trinajstić information content (AvgIpc) is 3.35. The van der Waals surface area contributed by atoms with E-state index in [1.165, 1.54) is 11.3 Å². The number of aromatic nitrogens is 2. The highest BCUT2D eigenvalue weighted by molar-refractivity contribution is 7.12. The summed E-state index contributed by atoms with van der Waals surface area (Å²) in [6, 6.07) is 19.0. The standard InChI is InChI=1S/C21H16N2O2S/c1-25-18-10-5-2-7-14(18)13-15(20(24)19-11-6-12-26-19)21-22-16-8-3-4-9-17(16)23-21/h2-13H,1H3,(H,22,23)/b15-13-. The lowest BCUT2D eigenvalue weighted by Gasteiger charge is -2.07. The van der Waals surface area contributed by atoms with Crippen molar-refractivity contribution in [3.8, 4) is 5.75 Å². The van der Waals surface area contributed by atoms with E-state index < -0.39 is 0 Å². The van der Waals surface area contributed by atoms with Crippen molar-refractivity contribution in [1.29, 1.82) is 0 Å². The second-order valence-corrected chi connectivity index (χ2v) is 6.66. The van der Waals surface area contributed by atoms with Crippen LogP contribution in [-0.4, -0.2) is 22.9 Å². The normalized spacial score (nSPS) is 11.7. The Balaban J connectivity index is 1.89. The van der Waals surface area contributed by atoms with Crippen LogP contribution >= 0.6 is 11.3 Å². The molecule has 2 aromatic heterocycles. The zero-order valence-electron chi connectivity index (χ0n) is 14.1. The van der Waals surface area contributed by atoms with Crippen LogP contribution in [0.4, 0.5) is 0 Å². The number of thiophene rings is 1. The van der Waals surface area contributed by atoms with E-state index in [9.17, 15) is 4.79 Å². The molecule has 0 bridgehead atoms. The van der Waals surface area contributed by atoms with Crippen LogP contribution in [0.2, 0.25) is 0 Å². The van der Waals surface area contributed by atoms with E-state index >= 15 is 0 Å². The molecule has 0 aliphatic rings. The number of ether oxygens (including phenoxy) is 1. The summed E-state index contributed by atoms with van der Waals surface area (Å²) in [6.07, 6.45) is 1.83. The van der Waals surface area contributed by atoms with Crippen LogP contribution in [0, 0.1) is 0 Å². The number of nitrogens with one attached hydrogen (secondary N) is 1. The van der Waals surface area contributed by atoms with Crippen LogP contribution in [0.5, 0.6) is 5.75 Å². The molecular weight excluding hydrogens is 344 g/mol. The Morgan fingerprint density at radius 1 is 1.08 bits per heavy atom. The van der Waals surface area contributed by atoms with Crippen molar-refractivity contribution < 1.29 is 9.53 Å². The highest BCUT2D eigenvalue weighted by Crippen LogP contribution is 2.28. The molecule has 0 atom stereocenters. The van der Waals surface area contributed by atoms with E-state index in [1.54, 1.807) is 7.11 Å². The van der Waals surface area contributed by atoms with E-state index in [0.29, 0.717) is 22.0 Å². The van der Waals surface area contributed by atoms with Crippen LogP contribution in [0.3, 0.4) is 0 Å². The topological polar surface area (TPSA) is 55.0 Å². The van der Waals surface area contributed by atoms with Crippen molar-refractivity contribution in [2.45, 2.75) is 0 Å². The predicted octanol–water partition coefficient (Wildman–Crippen LogP) is 5.06. The lowest BCUT2D eigenvalue weighted by atomic mass is 10.0. The Labute approximate surface area is 154 Å². The zero-order chi connectivity index (χ0) is 17.9. The Morgan fingerprint density at radius 3 is 2.65 bits per heavy atom. The third-order valence-electron chi connectivity index (χ3n) is 4.07. The van der Waals surface area contributed by atoms with Gasteiger partial charge in [0.2, 0.25) is 5.78 Å². The number of ketones is 1. The number of benzene rings is 2. The number of methoxy groups -OCH3 is 1. The number of allylic oxidation sites excluding steroid dienone is 1. The Kier molecular flexibility index (Phi) is 4.37. The van der Waals surface area contributed by atoms with E-state index in [0.717, 1.165) is 16.6 Å². The van der Waals surface area contributed by atoms with Crippen LogP contribution in [0.1, 0.15) is 21.1 Å². The molecule has 128 valence electrons. The molecule has 0 unspecified atom stereocenters.